The van der Waals surface area contributed by atoms with Gasteiger partial charge in [-0.2, -0.15) is 0 Å². The van der Waals surface area contributed by atoms with E-state index in [1.54, 1.807) is 25.1 Å². The summed E-state index contributed by atoms with van der Waals surface area (Å²) >= 11 is 0. The Balaban J connectivity index is 3.34. The van der Waals surface area contributed by atoms with Crippen LogP contribution in [0.1, 0.15) is 19.4 Å². The van der Waals surface area contributed by atoms with Crippen molar-refractivity contribution in [2.75, 3.05) is 0 Å². The standard InChI is InChI=1S/C10H13ClO3S/c1-7(2)14-9-6-4-5-8(3)10(9)15(11,12)13/h4-7H,1-3H3. The molecule has 0 atom stereocenters. The first-order valence-corrected chi connectivity index (χ1v) is 6.84. The SMILES string of the molecule is Cc1cccc(OC(C)C)c1S(=O)(=O)Cl. The Kier molecular flexibility index (Phi) is 3.62. The van der Waals surface area contributed by atoms with Gasteiger partial charge in [-0.05, 0) is 32.4 Å². The zero-order chi connectivity index (χ0) is 11.6. The second-order valence-electron chi connectivity index (χ2n) is 3.51. The second-order valence-corrected chi connectivity index (χ2v) is 6.01. The molecular weight excluding hydrogens is 236 g/mol. The predicted octanol–water partition coefficient (Wildman–Crippen LogP) is 2.71. The third-order valence-electron chi connectivity index (χ3n) is 1.78. The van der Waals surface area contributed by atoms with E-state index in [0.29, 0.717) is 11.3 Å². The molecule has 0 saturated carbocycles. The van der Waals surface area contributed by atoms with E-state index in [1.165, 1.54) is 0 Å². The molecule has 0 aliphatic carbocycles. The zero-order valence-electron chi connectivity index (χ0n) is 8.82. The molecule has 5 heteroatoms. The van der Waals surface area contributed by atoms with Crippen molar-refractivity contribution >= 4 is 19.7 Å². The van der Waals surface area contributed by atoms with Crippen molar-refractivity contribution in [2.45, 2.75) is 31.8 Å². The van der Waals surface area contributed by atoms with Crippen molar-refractivity contribution in [3.63, 3.8) is 0 Å². The summed E-state index contributed by atoms with van der Waals surface area (Å²) in [5.74, 6) is 0.306. The Hall–Kier alpha value is -0.740. The van der Waals surface area contributed by atoms with Crippen LogP contribution in [-0.2, 0) is 9.05 Å². The zero-order valence-corrected chi connectivity index (χ0v) is 10.4. The van der Waals surface area contributed by atoms with E-state index in [2.05, 4.69) is 0 Å². The lowest BCUT2D eigenvalue weighted by molar-refractivity contribution is 0.236. The molecule has 84 valence electrons. The first kappa shape index (κ1) is 12.3. The monoisotopic (exact) mass is 248 g/mol. The highest BCUT2D eigenvalue weighted by atomic mass is 35.7. The van der Waals surface area contributed by atoms with E-state index in [1.807, 2.05) is 13.8 Å². The first-order chi connectivity index (χ1) is 6.82. The lowest BCUT2D eigenvalue weighted by Gasteiger charge is -2.13. The fourth-order valence-corrected chi connectivity index (χ4v) is 2.69. The molecule has 1 rings (SSSR count). The van der Waals surface area contributed by atoms with E-state index in [-0.39, 0.29) is 11.0 Å². The molecule has 1 aromatic rings. The molecule has 15 heavy (non-hydrogen) atoms. The summed E-state index contributed by atoms with van der Waals surface area (Å²) in [7, 11) is 1.58. The minimum Gasteiger partial charge on any atom is -0.490 e. The van der Waals surface area contributed by atoms with Crippen LogP contribution in [0.3, 0.4) is 0 Å². The maximum absolute atomic E-state index is 11.3. The van der Waals surface area contributed by atoms with Crippen molar-refractivity contribution in [1.82, 2.24) is 0 Å². The Bertz CT molecular complexity index is 452. The van der Waals surface area contributed by atoms with Crippen LogP contribution < -0.4 is 4.74 Å². The van der Waals surface area contributed by atoms with E-state index in [4.69, 9.17) is 15.4 Å². The van der Waals surface area contributed by atoms with Crippen molar-refractivity contribution < 1.29 is 13.2 Å². The van der Waals surface area contributed by atoms with Crippen molar-refractivity contribution in [1.29, 1.82) is 0 Å². The largest absolute Gasteiger partial charge is 0.490 e. The third-order valence-corrected chi connectivity index (χ3v) is 3.26. The topological polar surface area (TPSA) is 43.4 Å². The van der Waals surface area contributed by atoms with Crippen LogP contribution in [0.4, 0.5) is 0 Å². The lowest BCUT2D eigenvalue weighted by atomic mass is 10.2. The summed E-state index contributed by atoms with van der Waals surface area (Å²) in [6.07, 6.45) is -0.0935. The van der Waals surface area contributed by atoms with Gasteiger partial charge in [-0.25, -0.2) is 8.42 Å². The Morgan fingerprint density at radius 2 is 1.93 bits per heavy atom. The van der Waals surface area contributed by atoms with Gasteiger partial charge in [0.05, 0.1) is 6.10 Å². The summed E-state index contributed by atoms with van der Waals surface area (Å²) in [5.41, 5.74) is 0.586. The molecule has 0 N–H and O–H groups in total. The van der Waals surface area contributed by atoms with Crippen LogP contribution in [0.2, 0.25) is 0 Å². The number of hydrogen-bond acceptors (Lipinski definition) is 3. The lowest BCUT2D eigenvalue weighted by Crippen LogP contribution is -2.09. The highest BCUT2D eigenvalue weighted by Gasteiger charge is 2.19. The molecule has 0 unspecified atom stereocenters. The molecular formula is C10H13ClO3S. The normalized spacial score (nSPS) is 11.8. The molecule has 3 nitrogen and oxygen atoms in total. The van der Waals surface area contributed by atoms with Gasteiger partial charge in [0.15, 0.2) is 0 Å². The number of halogens is 1. The van der Waals surface area contributed by atoms with Gasteiger partial charge >= 0.3 is 0 Å². The smallest absolute Gasteiger partial charge is 0.265 e. The van der Waals surface area contributed by atoms with Gasteiger partial charge in [0, 0.05) is 10.7 Å². The van der Waals surface area contributed by atoms with Crippen molar-refractivity contribution in [3.05, 3.63) is 23.8 Å². The summed E-state index contributed by atoms with van der Waals surface area (Å²) < 4.78 is 28.1. The number of hydrogen-bond donors (Lipinski definition) is 0. The van der Waals surface area contributed by atoms with Gasteiger partial charge in [0.25, 0.3) is 9.05 Å². The van der Waals surface area contributed by atoms with Crippen molar-refractivity contribution in [3.8, 4) is 5.75 Å². The van der Waals surface area contributed by atoms with Crippen molar-refractivity contribution in [2.24, 2.45) is 0 Å². The van der Waals surface area contributed by atoms with E-state index < -0.39 is 9.05 Å². The number of ether oxygens (including phenoxy) is 1. The molecule has 0 aromatic heterocycles. The first-order valence-electron chi connectivity index (χ1n) is 4.53. The van der Waals surface area contributed by atoms with Crippen LogP contribution in [0.5, 0.6) is 5.75 Å². The maximum Gasteiger partial charge on any atom is 0.265 e. The van der Waals surface area contributed by atoms with Gasteiger partial charge < -0.3 is 4.74 Å². The third kappa shape index (κ3) is 3.11. The molecule has 0 aliphatic rings. The van der Waals surface area contributed by atoms with Gasteiger partial charge in [-0.3, -0.25) is 0 Å². The van der Waals surface area contributed by atoms with E-state index >= 15 is 0 Å². The maximum atomic E-state index is 11.3. The molecule has 0 amide bonds. The van der Waals surface area contributed by atoms with Crippen LogP contribution >= 0.6 is 10.7 Å². The molecule has 0 aliphatic heterocycles. The average Bonchev–Trinajstić information content (AvgIpc) is 1.99. The average molecular weight is 249 g/mol. The molecule has 0 bridgehead atoms. The van der Waals surface area contributed by atoms with Gasteiger partial charge in [-0.1, -0.05) is 12.1 Å². The highest BCUT2D eigenvalue weighted by molar-refractivity contribution is 8.13. The second kappa shape index (κ2) is 4.41. The molecule has 1 aromatic carbocycles. The molecule has 0 saturated heterocycles. The van der Waals surface area contributed by atoms with Gasteiger partial charge in [0.1, 0.15) is 10.6 Å². The summed E-state index contributed by atoms with van der Waals surface area (Å²) in [4.78, 5) is 0.0559. The van der Waals surface area contributed by atoms with E-state index in [9.17, 15) is 8.42 Å². The number of benzene rings is 1. The highest BCUT2D eigenvalue weighted by Crippen LogP contribution is 2.30. The van der Waals surface area contributed by atoms with E-state index in [0.717, 1.165) is 0 Å². The fraction of sp³-hybridized carbons (Fsp3) is 0.400. The Labute approximate surface area is 94.4 Å². The summed E-state index contributed by atoms with van der Waals surface area (Å²) in [6, 6.07) is 5.02. The Morgan fingerprint density at radius 1 is 1.33 bits per heavy atom. The minimum atomic E-state index is -3.76. The van der Waals surface area contributed by atoms with Gasteiger partial charge in [-0.15, -0.1) is 0 Å². The molecule has 0 radical (unpaired) electrons. The number of aryl methyl sites for hydroxylation is 1. The minimum absolute atomic E-state index is 0.0559. The molecule has 0 heterocycles. The van der Waals surface area contributed by atoms with Crippen LogP contribution in [0.25, 0.3) is 0 Å². The fourth-order valence-electron chi connectivity index (χ4n) is 1.28. The summed E-state index contributed by atoms with van der Waals surface area (Å²) in [5, 5.41) is 0. The Morgan fingerprint density at radius 3 is 2.40 bits per heavy atom. The molecule has 0 fully saturated rings. The summed E-state index contributed by atoms with van der Waals surface area (Å²) in [6.45, 7) is 5.34. The van der Waals surface area contributed by atoms with Crippen LogP contribution in [0, 0.1) is 6.92 Å². The van der Waals surface area contributed by atoms with Gasteiger partial charge in [0.2, 0.25) is 0 Å². The number of rotatable bonds is 3. The van der Waals surface area contributed by atoms with Crippen LogP contribution in [-0.4, -0.2) is 14.5 Å². The molecule has 0 spiro atoms. The predicted molar refractivity (Wildman–Crippen MR) is 60.0 cm³/mol. The quantitative estimate of drug-likeness (QED) is 0.773. The van der Waals surface area contributed by atoms with Crippen LogP contribution in [0.15, 0.2) is 23.1 Å².